The Kier molecular flexibility index (Phi) is 4.38. The summed E-state index contributed by atoms with van der Waals surface area (Å²) in [6.07, 6.45) is 0. The van der Waals surface area contributed by atoms with Crippen LogP contribution in [0.4, 0.5) is 0 Å². The minimum absolute atomic E-state index is 0.0156. The molecule has 2 aromatic rings. The van der Waals surface area contributed by atoms with Crippen LogP contribution in [0.3, 0.4) is 0 Å². The predicted octanol–water partition coefficient (Wildman–Crippen LogP) is 5.63. The molecule has 2 nitrogen and oxygen atoms in total. The van der Waals surface area contributed by atoms with E-state index in [0.717, 1.165) is 5.75 Å². The first-order chi connectivity index (χ1) is 9.77. The SMILES string of the molecule is CC(=O)c1ccc(Oc2cccc(C(C)(C)C)c2)c(Cl)c1. The van der Waals surface area contributed by atoms with Crippen LogP contribution in [0.15, 0.2) is 42.5 Å². The predicted molar refractivity (Wildman–Crippen MR) is 86.7 cm³/mol. The molecule has 0 aliphatic heterocycles. The van der Waals surface area contributed by atoms with E-state index in [9.17, 15) is 4.79 Å². The van der Waals surface area contributed by atoms with E-state index in [2.05, 4.69) is 26.8 Å². The van der Waals surface area contributed by atoms with E-state index in [1.807, 2.05) is 18.2 Å². The Labute approximate surface area is 130 Å². The summed E-state index contributed by atoms with van der Waals surface area (Å²) in [5.41, 5.74) is 1.83. The molecule has 0 spiro atoms. The highest BCUT2D eigenvalue weighted by Gasteiger charge is 2.14. The van der Waals surface area contributed by atoms with E-state index in [1.165, 1.54) is 12.5 Å². The van der Waals surface area contributed by atoms with Crippen LogP contribution in [0.1, 0.15) is 43.6 Å². The van der Waals surface area contributed by atoms with Crippen molar-refractivity contribution in [1.29, 1.82) is 0 Å². The fourth-order valence-electron chi connectivity index (χ4n) is 1.96. The largest absolute Gasteiger partial charge is 0.456 e. The molecule has 0 fully saturated rings. The number of rotatable bonds is 3. The molecule has 2 aromatic carbocycles. The molecule has 0 aliphatic rings. The van der Waals surface area contributed by atoms with Crippen LogP contribution in [0.5, 0.6) is 11.5 Å². The van der Waals surface area contributed by atoms with Crippen LogP contribution >= 0.6 is 11.6 Å². The van der Waals surface area contributed by atoms with Crippen molar-refractivity contribution < 1.29 is 9.53 Å². The van der Waals surface area contributed by atoms with E-state index in [4.69, 9.17) is 16.3 Å². The van der Waals surface area contributed by atoms with Gasteiger partial charge >= 0.3 is 0 Å². The number of carbonyl (C=O) groups is 1. The first kappa shape index (κ1) is 15.6. The number of carbonyl (C=O) groups excluding carboxylic acids is 1. The molecule has 0 saturated heterocycles. The molecule has 3 heteroatoms. The Morgan fingerprint density at radius 2 is 1.81 bits per heavy atom. The third kappa shape index (κ3) is 3.85. The van der Waals surface area contributed by atoms with Gasteiger partial charge in [0.1, 0.15) is 11.5 Å². The number of benzene rings is 2. The lowest BCUT2D eigenvalue weighted by atomic mass is 9.87. The molecule has 0 bridgehead atoms. The van der Waals surface area contributed by atoms with Gasteiger partial charge in [0.15, 0.2) is 5.78 Å². The van der Waals surface area contributed by atoms with Crippen molar-refractivity contribution in [1.82, 2.24) is 0 Å². The molecule has 0 heterocycles. The van der Waals surface area contributed by atoms with Gasteiger partial charge in [-0.25, -0.2) is 0 Å². The zero-order chi connectivity index (χ0) is 15.6. The molecule has 21 heavy (non-hydrogen) atoms. The summed E-state index contributed by atoms with van der Waals surface area (Å²) in [6, 6.07) is 13.0. The number of ketones is 1. The lowest BCUT2D eigenvalue weighted by Crippen LogP contribution is -2.10. The van der Waals surface area contributed by atoms with Crippen molar-refractivity contribution in [3.63, 3.8) is 0 Å². The Morgan fingerprint density at radius 1 is 1.10 bits per heavy atom. The molecule has 0 amide bonds. The highest BCUT2D eigenvalue weighted by atomic mass is 35.5. The summed E-state index contributed by atoms with van der Waals surface area (Å²) in [6.45, 7) is 7.97. The Hall–Kier alpha value is -1.80. The number of Topliss-reactive ketones (excluding diaryl/α,β-unsaturated/α-hetero) is 1. The third-order valence-corrected chi connectivity index (χ3v) is 3.56. The quantitative estimate of drug-likeness (QED) is 0.687. The van der Waals surface area contributed by atoms with Gasteiger partial charge in [0.2, 0.25) is 0 Å². The zero-order valence-corrected chi connectivity index (χ0v) is 13.5. The van der Waals surface area contributed by atoms with Gasteiger partial charge in [-0.2, -0.15) is 0 Å². The van der Waals surface area contributed by atoms with Crippen LogP contribution in [0, 0.1) is 0 Å². The highest BCUT2D eigenvalue weighted by molar-refractivity contribution is 6.32. The van der Waals surface area contributed by atoms with Gasteiger partial charge in [-0.15, -0.1) is 0 Å². The topological polar surface area (TPSA) is 26.3 Å². The fourth-order valence-corrected chi connectivity index (χ4v) is 2.17. The molecule has 0 atom stereocenters. The smallest absolute Gasteiger partial charge is 0.159 e. The van der Waals surface area contributed by atoms with Crippen molar-refractivity contribution in [2.75, 3.05) is 0 Å². The molecule has 0 saturated carbocycles. The molecule has 110 valence electrons. The maximum Gasteiger partial charge on any atom is 0.159 e. The molecular weight excluding hydrogens is 284 g/mol. The number of ether oxygens (including phenoxy) is 1. The van der Waals surface area contributed by atoms with Crippen LogP contribution in [-0.2, 0) is 5.41 Å². The number of halogens is 1. The fraction of sp³-hybridized carbons (Fsp3) is 0.278. The van der Waals surface area contributed by atoms with Gasteiger partial charge in [-0.3, -0.25) is 4.79 Å². The van der Waals surface area contributed by atoms with Crippen molar-refractivity contribution in [2.45, 2.75) is 33.1 Å². The molecule has 0 radical (unpaired) electrons. The second-order valence-electron chi connectivity index (χ2n) is 6.08. The minimum Gasteiger partial charge on any atom is -0.456 e. The van der Waals surface area contributed by atoms with Gasteiger partial charge in [-0.1, -0.05) is 44.5 Å². The van der Waals surface area contributed by atoms with E-state index in [1.54, 1.807) is 18.2 Å². The van der Waals surface area contributed by atoms with Gasteiger partial charge in [0, 0.05) is 5.56 Å². The van der Waals surface area contributed by atoms with Crippen LogP contribution in [-0.4, -0.2) is 5.78 Å². The molecular formula is C18H19ClO2. The van der Waals surface area contributed by atoms with E-state index < -0.39 is 0 Å². The zero-order valence-electron chi connectivity index (χ0n) is 12.7. The average Bonchev–Trinajstić information content (AvgIpc) is 2.40. The second-order valence-corrected chi connectivity index (χ2v) is 6.49. The van der Waals surface area contributed by atoms with Gasteiger partial charge in [-0.05, 0) is 48.2 Å². The summed E-state index contributed by atoms with van der Waals surface area (Å²) < 4.78 is 5.84. The van der Waals surface area contributed by atoms with E-state index in [-0.39, 0.29) is 11.2 Å². The Morgan fingerprint density at radius 3 is 2.38 bits per heavy atom. The normalized spacial score (nSPS) is 11.3. The first-order valence-corrected chi connectivity index (χ1v) is 7.24. The minimum atomic E-state index is -0.0156. The highest BCUT2D eigenvalue weighted by Crippen LogP contribution is 2.32. The van der Waals surface area contributed by atoms with Gasteiger partial charge < -0.3 is 4.74 Å². The summed E-state index contributed by atoms with van der Waals surface area (Å²) >= 11 is 6.18. The van der Waals surface area contributed by atoms with Crippen molar-refractivity contribution in [3.8, 4) is 11.5 Å². The van der Waals surface area contributed by atoms with Gasteiger partial charge in [0.05, 0.1) is 5.02 Å². The van der Waals surface area contributed by atoms with E-state index in [0.29, 0.717) is 16.3 Å². The maximum absolute atomic E-state index is 11.3. The van der Waals surface area contributed by atoms with E-state index >= 15 is 0 Å². The summed E-state index contributed by atoms with van der Waals surface area (Å²) in [5.74, 6) is 1.27. The van der Waals surface area contributed by atoms with Crippen molar-refractivity contribution >= 4 is 17.4 Å². The Balaban J connectivity index is 2.28. The molecule has 0 aromatic heterocycles. The molecule has 0 N–H and O–H groups in total. The molecule has 2 rings (SSSR count). The van der Waals surface area contributed by atoms with Crippen LogP contribution in [0.25, 0.3) is 0 Å². The second kappa shape index (κ2) is 5.90. The maximum atomic E-state index is 11.3. The first-order valence-electron chi connectivity index (χ1n) is 6.86. The average molecular weight is 303 g/mol. The lowest BCUT2D eigenvalue weighted by molar-refractivity contribution is 0.101. The standard InChI is InChI=1S/C18H19ClO2/c1-12(20)13-8-9-17(16(19)10-13)21-15-7-5-6-14(11-15)18(2,3)4/h5-11H,1-4H3. The Bertz CT molecular complexity index is 669. The van der Waals surface area contributed by atoms with Gasteiger partial charge in [0.25, 0.3) is 0 Å². The summed E-state index contributed by atoms with van der Waals surface area (Å²) in [4.78, 5) is 11.3. The van der Waals surface area contributed by atoms with Crippen LogP contribution in [0.2, 0.25) is 5.02 Å². The van der Waals surface area contributed by atoms with Crippen LogP contribution < -0.4 is 4.74 Å². The molecule has 0 aliphatic carbocycles. The van der Waals surface area contributed by atoms with Crippen molar-refractivity contribution in [3.05, 3.63) is 58.6 Å². The number of hydrogen-bond acceptors (Lipinski definition) is 2. The monoisotopic (exact) mass is 302 g/mol. The summed E-state index contributed by atoms with van der Waals surface area (Å²) in [7, 11) is 0. The third-order valence-electron chi connectivity index (χ3n) is 3.27. The summed E-state index contributed by atoms with van der Waals surface area (Å²) in [5, 5.41) is 0.434. The molecule has 0 unspecified atom stereocenters. The lowest BCUT2D eigenvalue weighted by Gasteiger charge is -2.19. The number of hydrogen-bond donors (Lipinski definition) is 0. The van der Waals surface area contributed by atoms with Crippen molar-refractivity contribution in [2.24, 2.45) is 0 Å².